The summed E-state index contributed by atoms with van der Waals surface area (Å²) in [6, 6.07) is 7.36. The minimum absolute atomic E-state index is 0.107. The zero-order valence-corrected chi connectivity index (χ0v) is 12.6. The smallest absolute Gasteiger partial charge is 0.142 e. The first-order valence-electron chi connectivity index (χ1n) is 6.67. The molecule has 2 heterocycles. The van der Waals surface area contributed by atoms with E-state index in [1.165, 1.54) is 5.56 Å². The number of hydrogen-bond donors (Lipinski definition) is 1. The van der Waals surface area contributed by atoms with Gasteiger partial charge in [0.15, 0.2) is 0 Å². The Morgan fingerprint density at radius 2 is 2.00 bits per heavy atom. The van der Waals surface area contributed by atoms with Crippen LogP contribution in [-0.2, 0) is 0 Å². The van der Waals surface area contributed by atoms with Crippen LogP contribution in [0.4, 0.5) is 4.39 Å². The lowest BCUT2D eigenvalue weighted by Crippen LogP contribution is -2.45. The van der Waals surface area contributed by atoms with Gasteiger partial charge in [-0.05, 0) is 40.1 Å². The van der Waals surface area contributed by atoms with Gasteiger partial charge in [0.1, 0.15) is 5.82 Å². The monoisotopic (exact) mass is 310 g/mol. The second-order valence-electron chi connectivity index (χ2n) is 4.92. The number of thiophene rings is 1. The summed E-state index contributed by atoms with van der Waals surface area (Å²) >= 11 is 7.47. The molecule has 0 bridgehead atoms. The van der Waals surface area contributed by atoms with E-state index in [0.29, 0.717) is 0 Å². The largest absolute Gasteiger partial charge is 0.314 e. The van der Waals surface area contributed by atoms with Gasteiger partial charge in [-0.25, -0.2) is 4.39 Å². The van der Waals surface area contributed by atoms with E-state index in [1.807, 2.05) is 6.07 Å². The molecule has 0 radical (unpaired) electrons. The molecule has 1 aromatic carbocycles. The topological polar surface area (TPSA) is 15.3 Å². The predicted octanol–water partition coefficient (Wildman–Crippen LogP) is 3.54. The first kappa shape index (κ1) is 14.0. The minimum atomic E-state index is -0.348. The maximum atomic E-state index is 13.8. The summed E-state index contributed by atoms with van der Waals surface area (Å²) in [4.78, 5) is 2.39. The van der Waals surface area contributed by atoms with Gasteiger partial charge in [-0.15, -0.1) is 0 Å². The maximum absolute atomic E-state index is 13.8. The summed E-state index contributed by atoms with van der Waals surface area (Å²) in [5.41, 5.74) is 2.19. The Labute approximate surface area is 127 Å². The Balaban J connectivity index is 1.98. The lowest BCUT2D eigenvalue weighted by molar-refractivity contribution is 0.198. The van der Waals surface area contributed by atoms with Gasteiger partial charge >= 0.3 is 0 Å². The first-order chi connectivity index (χ1) is 9.75. The quantitative estimate of drug-likeness (QED) is 0.933. The van der Waals surface area contributed by atoms with Crippen LogP contribution in [0.2, 0.25) is 5.02 Å². The van der Waals surface area contributed by atoms with Crippen LogP contribution in [0, 0.1) is 5.82 Å². The fourth-order valence-corrected chi connectivity index (χ4v) is 3.46. The van der Waals surface area contributed by atoms with Crippen LogP contribution in [0.3, 0.4) is 0 Å². The molecule has 2 aromatic rings. The van der Waals surface area contributed by atoms with Gasteiger partial charge in [0.25, 0.3) is 0 Å². The number of nitrogens with one attached hydrogen (secondary N) is 1. The molecule has 1 aliphatic heterocycles. The van der Waals surface area contributed by atoms with E-state index >= 15 is 0 Å². The number of benzene rings is 1. The van der Waals surface area contributed by atoms with Crippen LogP contribution in [-0.4, -0.2) is 31.1 Å². The molecule has 1 aromatic heterocycles. The molecule has 106 valence electrons. The van der Waals surface area contributed by atoms with Crippen molar-refractivity contribution in [3.63, 3.8) is 0 Å². The van der Waals surface area contributed by atoms with Gasteiger partial charge in [0.05, 0.1) is 11.1 Å². The molecule has 2 nitrogen and oxygen atoms in total. The molecular weight excluding hydrogens is 295 g/mol. The van der Waals surface area contributed by atoms with Crippen molar-refractivity contribution in [2.45, 2.75) is 6.04 Å². The van der Waals surface area contributed by atoms with Crippen molar-refractivity contribution in [2.24, 2.45) is 0 Å². The van der Waals surface area contributed by atoms with Crippen molar-refractivity contribution < 1.29 is 4.39 Å². The molecule has 0 spiro atoms. The van der Waals surface area contributed by atoms with Gasteiger partial charge in [-0.3, -0.25) is 4.90 Å². The molecule has 1 fully saturated rings. The van der Waals surface area contributed by atoms with E-state index in [1.54, 1.807) is 23.5 Å². The van der Waals surface area contributed by atoms with E-state index in [9.17, 15) is 4.39 Å². The zero-order valence-electron chi connectivity index (χ0n) is 11.0. The van der Waals surface area contributed by atoms with Gasteiger partial charge in [-0.1, -0.05) is 17.7 Å². The lowest BCUT2D eigenvalue weighted by atomic mass is 9.98. The highest BCUT2D eigenvalue weighted by atomic mass is 35.5. The zero-order chi connectivity index (χ0) is 13.9. The Morgan fingerprint density at radius 1 is 1.20 bits per heavy atom. The molecule has 3 rings (SSSR count). The lowest BCUT2D eigenvalue weighted by Gasteiger charge is -2.35. The highest BCUT2D eigenvalue weighted by molar-refractivity contribution is 7.08. The van der Waals surface area contributed by atoms with E-state index in [2.05, 4.69) is 27.0 Å². The summed E-state index contributed by atoms with van der Waals surface area (Å²) in [5.74, 6) is -0.348. The molecule has 0 unspecified atom stereocenters. The average Bonchev–Trinajstić information content (AvgIpc) is 2.98. The van der Waals surface area contributed by atoms with Gasteiger partial charge in [0.2, 0.25) is 0 Å². The van der Waals surface area contributed by atoms with E-state index < -0.39 is 0 Å². The fourth-order valence-electron chi connectivity index (χ4n) is 2.67. The van der Waals surface area contributed by atoms with Crippen molar-refractivity contribution in [1.29, 1.82) is 0 Å². The maximum Gasteiger partial charge on any atom is 0.142 e. The summed E-state index contributed by atoms with van der Waals surface area (Å²) in [6.07, 6.45) is 0. The van der Waals surface area contributed by atoms with Gasteiger partial charge in [0, 0.05) is 26.2 Å². The van der Waals surface area contributed by atoms with Crippen LogP contribution in [0.1, 0.15) is 17.2 Å². The molecule has 5 heteroatoms. The number of nitrogens with zero attached hydrogens (tertiary/aromatic N) is 1. The number of piperazine rings is 1. The predicted molar refractivity (Wildman–Crippen MR) is 82.0 cm³/mol. The van der Waals surface area contributed by atoms with E-state index in [-0.39, 0.29) is 16.9 Å². The average molecular weight is 311 g/mol. The molecule has 1 N–H and O–H groups in total. The molecule has 0 saturated carbocycles. The third kappa shape index (κ3) is 2.88. The standard InChI is InChI=1S/C15H16ClFN2S/c16-13-2-1-11(9-14(13)17)15(12-3-8-20-10-12)19-6-4-18-5-7-19/h1-3,8-10,15,18H,4-7H2/t15-/m1/s1. The Kier molecular flexibility index (Phi) is 4.36. The second kappa shape index (κ2) is 6.22. The molecular formula is C15H16ClFN2S. The van der Waals surface area contributed by atoms with E-state index in [0.717, 1.165) is 31.7 Å². The summed E-state index contributed by atoms with van der Waals surface area (Å²) < 4.78 is 13.8. The second-order valence-corrected chi connectivity index (χ2v) is 6.11. The van der Waals surface area contributed by atoms with Crippen molar-refractivity contribution in [3.8, 4) is 0 Å². The highest BCUT2D eigenvalue weighted by Gasteiger charge is 2.24. The summed E-state index contributed by atoms with van der Waals surface area (Å²) in [6.45, 7) is 3.86. The molecule has 0 amide bonds. The van der Waals surface area contributed by atoms with Crippen LogP contribution >= 0.6 is 22.9 Å². The van der Waals surface area contributed by atoms with Crippen molar-refractivity contribution >= 4 is 22.9 Å². The molecule has 20 heavy (non-hydrogen) atoms. The minimum Gasteiger partial charge on any atom is -0.314 e. The van der Waals surface area contributed by atoms with Crippen LogP contribution in [0.25, 0.3) is 0 Å². The molecule has 0 aliphatic carbocycles. The third-order valence-corrected chi connectivity index (χ3v) is 4.64. The Morgan fingerprint density at radius 3 is 2.65 bits per heavy atom. The summed E-state index contributed by atoms with van der Waals surface area (Å²) in [7, 11) is 0. The number of rotatable bonds is 3. The highest BCUT2D eigenvalue weighted by Crippen LogP contribution is 2.32. The van der Waals surface area contributed by atoms with Crippen LogP contribution < -0.4 is 5.32 Å². The SMILES string of the molecule is Fc1cc([C@H](c2ccsc2)N2CCNCC2)ccc1Cl. The third-order valence-electron chi connectivity index (χ3n) is 3.64. The first-order valence-corrected chi connectivity index (χ1v) is 7.99. The molecule has 1 aliphatic rings. The van der Waals surface area contributed by atoms with Crippen LogP contribution in [0.15, 0.2) is 35.0 Å². The van der Waals surface area contributed by atoms with Crippen molar-refractivity contribution in [3.05, 3.63) is 57.0 Å². The van der Waals surface area contributed by atoms with Gasteiger partial charge < -0.3 is 5.32 Å². The number of halogens is 2. The van der Waals surface area contributed by atoms with Crippen molar-refractivity contribution in [2.75, 3.05) is 26.2 Å². The van der Waals surface area contributed by atoms with E-state index in [4.69, 9.17) is 11.6 Å². The van der Waals surface area contributed by atoms with Crippen LogP contribution in [0.5, 0.6) is 0 Å². The van der Waals surface area contributed by atoms with Crippen molar-refractivity contribution in [1.82, 2.24) is 10.2 Å². The summed E-state index contributed by atoms with van der Waals surface area (Å²) in [5, 5.41) is 7.74. The van der Waals surface area contributed by atoms with Gasteiger partial charge in [-0.2, -0.15) is 11.3 Å². The normalized spacial score (nSPS) is 18.1. The molecule has 1 saturated heterocycles. The Hall–Kier alpha value is -0.940. The molecule has 1 atom stereocenters. The Bertz CT molecular complexity index is 567. The fraction of sp³-hybridized carbons (Fsp3) is 0.333. The number of hydrogen-bond acceptors (Lipinski definition) is 3.